The van der Waals surface area contributed by atoms with Gasteiger partial charge in [0.1, 0.15) is 0 Å². The SMILES string of the molecule is CCC(CC)C(C#Cc1ccccc1)N(Cc1ccccc1)Cc1ccccc1. The fraction of sp³-hybridized carbons (Fsp3) is 0.286. The third-order valence-electron chi connectivity index (χ3n) is 5.48. The van der Waals surface area contributed by atoms with Crippen molar-refractivity contribution in [2.24, 2.45) is 5.92 Å². The zero-order valence-electron chi connectivity index (χ0n) is 17.6. The Balaban J connectivity index is 1.95. The Hall–Kier alpha value is -2.82. The van der Waals surface area contributed by atoms with E-state index in [2.05, 4.69) is 116 Å². The summed E-state index contributed by atoms with van der Waals surface area (Å²) < 4.78 is 0. The summed E-state index contributed by atoms with van der Waals surface area (Å²) in [5, 5.41) is 0. The van der Waals surface area contributed by atoms with Crippen LogP contribution in [0.1, 0.15) is 43.4 Å². The zero-order chi connectivity index (χ0) is 20.3. The Morgan fingerprint density at radius 3 is 1.55 bits per heavy atom. The maximum absolute atomic E-state index is 3.65. The summed E-state index contributed by atoms with van der Waals surface area (Å²) >= 11 is 0. The first-order valence-electron chi connectivity index (χ1n) is 10.7. The molecule has 0 spiro atoms. The van der Waals surface area contributed by atoms with Crippen molar-refractivity contribution in [2.75, 3.05) is 0 Å². The van der Waals surface area contributed by atoms with Crippen LogP contribution in [0.15, 0.2) is 91.0 Å². The molecule has 0 saturated carbocycles. The third kappa shape index (κ3) is 6.34. The van der Waals surface area contributed by atoms with Crippen LogP contribution in [0.4, 0.5) is 0 Å². The van der Waals surface area contributed by atoms with E-state index in [1.807, 2.05) is 6.07 Å². The summed E-state index contributed by atoms with van der Waals surface area (Å²) in [6, 6.07) is 32.1. The number of nitrogens with zero attached hydrogens (tertiary/aromatic N) is 1. The summed E-state index contributed by atoms with van der Waals surface area (Å²) in [5.74, 6) is 7.65. The first-order chi connectivity index (χ1) is 14.3. The van der Waals surface area contributed by atoms with Gasteiger partial charge in [-0.3, -0.25) is 4.90 Å². The fourth-order valence-corrected chi connectivity index (χ4v) is 3.81. The van der Waals surface area contributed by atoms with Crippen LogP contribution >= 0.6 is 0 Å². The smallest absolute Gasteiger partial charge is 0.0752 e. The molecule has 0 aliphatic carbocycles. The minimum atomic E-state index is 0.214. The first kappa shape index (κ1) is 20.9. The van der Waals surface area contributed by atoms with Crippen LogP contribution in [0.2, 0.25) is 0 Å². The Labute approximate surface area is 176 Å². The molecule has 0 radical (unpaired) electrons. The van der Waals surface area contributed by atoms with Crippen LogP contribution in [0.5, 0.6) is 0 Å². The van der Waals surface area contributed by atoms with Gasteiger partial charge in [-0.15, -0.1) is 0 Å². The van der Waals surface area contributed by atoms with Crippen LogP contribution in [0, 0.1) is 17.8 Å². The summed E-state index contributed by atoms with van der Waals surface area (Å²) in [4.78, 5) is 2.55. The van der Waals surface area contributed by atoms with Crippen LogP contribution in [0.3, 0.4) is 0 Å². The monoisotopic (exact) mass is 381 g/mol. The molecule has 3 rings (SSSR count). The summed E-state index contributed by atoms with van der Waals surface area (Å²) in [7, 11) is 0. The summed E-state index contributed by atoms with van der Waals surface area (Å²) in [6.07, 6.45) is 2.26. The Morgan fingerprint density at radius 2 is 1.10 bits per heavy atom. The lowest BCUT2D eigenvalue weighted by Gasteiger charge is -2.33. The van der Waals surface area contributed by atoms with E-state index in [0.717, 1.165) is 31.5 Å². The lowest BCUT2D eigenvalue weighted by molar-refractivity contribution is 0.159. The Morgan fingerprint density at radius 1 is 0.655 bits per heavy atom. The van der Waals surface area contributed by atoms with Gasteiger partial charge in [0, 0.05) is 18.7 Å². The average molecular weight is 382 g/mol. The first-order valence-corrected chi connectivity index (χ1v) is 10.7. The maximum Gasteiger partial charge on any atom is 0.0752 e. The minimum Gasteiger partial charge on any atom is -0.281 e. The molecule has 1 atom stereocenters. The molecule has 1 nitrogen and oxygen atoms in total. The molecule has 29 heavy (non-hydrogen) atoms. The highest BCUT2D eigenvalue weighted by Crippen LogP contribution is 2.23. The molecular formula is C28H31N. The maximum atomic E-state index is 3.65. The Bertz CT molecular complexity index is 845. The van der Waals surface area contributed by atoms with E-state index in [1.54, 1.807) is 0 Å². The van der Waals surface area contributed by atoms with E-state index in [0.29, 0.717) is 5.92 Å². The van der Waals surface area contributed by atoms with Crippen LogP contribution in [-0.4, -0.2) is 10.9 Å². The molecule has 0 saturated heterocycles. The lowest BCUT2D eigenvalue weighted by atomic mass is 9.92. The van der Waals surface area contributed by atoms with Gasteiger partial charge in [-0.1, -0.05) is 117 Å². The van der Waals surface area contributed by atoms with E-state index in [9.17, 15) is 0 Å². The standard InChI is InChI=1S/C28H31N/c1-3-27(4-2)28(21-20-24-14-8-5-9-15-24)29(22-25-16-10-6-11-17-25)23-26-18-12-7-13-19-26/h5-19,27-28H,3-4,22-23H2,1-2H3. The molecule has 0 aromatic heterocycles. The largest absolute Gasteiger partial charge is 0.281 e. The summed E-state index contributed by atoms with van der Waals surface area (Å²) in [6.45, 7) is 6.38. The quantitative estimate of drug-likeness (QED) is 0.400. The van der Waals surface area contributed by atoms with Crippen molar-refractivity contribution < 1.29 is 0 Å². The number of hydrogen-bond acceptors (Lipinski definition) is 1. The number of rotatable bonds is 8. The van der Waals surface area contributed by atoms with Gasteiger partial charge < -0.3 is 0 Å². The van der Waals surface area contributed by atoms with Gasteiger partial charge in [0.05, 0.1) is 6.04 Å². The molecule has 1 unspecified atom stereocenters. The van der Waals surface area contributed by atoms with Crippen molar-refractivity contribution in [3.05, 3.63) is 108 Å². The van der Waals surface area contributed by atoms with E-state index in [4.69, 9.17) is 0 Å². The molecular weight excluding hydrogens is 350 g/mol. The van der Waals surface area contributed by atoms with Crippen LogP contribution in [0.25, 0.3) is 0 Å². The second kappa shape index (κ2) is 11.2. The molecule has 0 aliphatic heterocycles. The Kier molecular flexibility index (Phi) is 8.11. The van der Waals surface area contributed by atoms with Gasteiger partial charge in [-0.2, -0.15) is 0 Å². The molecule has 0 N–H and O–H groups in total. The van der Waals surface area contributed by atoms with Crippen molar-refractivity contribution in [3.8, 4) is 11.8 Å². The number of benzene rings is 3. The van der Waals surface area contributed by atoms with Crippen molar-refractivity contribution in [3.63, 3.8) is 0 Å². The highest BCUT2D eigenvalue weighted by atomic mass is 15.2. The van der Waals surface area contributed by atoms with E-state index >= 15 is 0 Å². The van der Waals surface area contributed by atoms with Crippen LogP contribution < -0.4 is 0 Å². The molecule has 3 aromatic rings. The van der Waals surface area contributed by atoms with E-state index in [1.165, 1.54) is 11.1 Å². The second-order valence-electron chi connectivity index (χ2n) is 7.53. The van der Waals surface area contributed by atoms with Gasteiger partial charge in [0.2, 0.25) is 0 Å². The van der Waals surface area contributed by atoms with Gasteiger partial charge in [-0.25, -0.2) is 0 Å². The molecule has 0 aliphatic rings. The molecule has 1 heteroatoms. The normalized spacial score (nSPS) is 11.9. The highest BCUT2D eigenvalue weighted by Gasteiger charge is 2.24. The molecule has 0 bridgehead atoms. The average Bonchev–Trinajstić information content (AvgIpc) is 2.78. The van der Waals surface area contributed by atoms with Crippen molar-refractivity contribution in [1.29, 1.82) is 0 Å². The van der Waals surface area contributed by atoms with Crippen molar-refractivity contribution in [1.82, 2.24) is 4.90 Å². The van der Waals surface area contributed by atoms with Crippen molar-refractivity contribution >= 4 is 0 Å². The van der Waals surface area contributed by atoms with Gasteiger partial charge in [0.25, 0.3) is 0 Å². The predicted octanol–water partition coefficient (Wildman–Crippen LogP) is 6.55. The zero-order valence-corrected chi connectivity index (χ0v) is 17.6. The lowest BCUT2D eigenvalue weighted by Crippen LogP contribution is -2.38. The fourth-order valence-electron chi connectivity index (χ4n) is 3.81. The van der Waals surface area contributed by atoms with Gasteiger partial charge in [0.15, 0.2) is 0 Å². The highest BCUT2D eigenvalue weighted by molar-refractivity contribution is 5.35. The minimum absolute atomic E-state index is 0.214. The van der Waals surface area contributed by atoms with E-state index in [-0.39, 0.29) is 6.04 Å². The van der Waals surface area contributed by atoms with Crippen LogP contribution in [-0.2, 0) is 13.1 Å². The molecule has 3 aromatic carbocycles. The van der Waals surface area contributed by atoms with Crippen molar-refractivity contribution in [2.45, 2.75) is 45.8 Å². The number of hydrogen-bond donors (Lipinski definition) is 0. The second-order valence-corrected chi connectivity index (χ2v) is 7.53. The topological polar surface area (TPSA) is 3.24 Å². The third-order valence-corrected chi connectivity index (χ3v) is 5.48. The predicted molar refractivity (Wildman–Crippen MR) is 123 cm³/mol. The molecule has 0 heterocycles. The van der Waals surface area contributed by atoms with Gasteiger partial charge >= 0.3 is 0 Å². The summed E-state index contributed by atoms with van der Waals surface area (Å²) in [5.41, 5.74) is 3.75. The molecule has 148 valence electrons. The molecule has 0 amide bonds. The molecule has 0 fully saturated rings. The van der Waals surface area contributed by atoms with E-state index < -0.39 is 0 Å². The van der Waals surface area contributed by atoms with Gasteiger partial charge in [-0.05, 0) is 29.2 Å².